The topological polar surface area (TPSA) is 56.0 Å². The van der Waals surface area contributed by atoms with E-state index < -0.39 is 0 Å². The second-order valence-electron chi connectivity index (χ2n) is 6.60. The summed E-state index contributed by atoms with van der Waals surface area (Å²) >= 11 is 0. The summed E-state index contributed by atoms with van der Waals surface area (Å²) in [4.78, 5) is 24.2. The number of carbonyl (C=O) groups is 1. The van der Waals surface area contributed by atoms with Crippen LogP contribution in [-0.2, 0) is 17.9 Å². The van der Waals surface area contributed by atoms with E-state index in [1.54, 1.807) is 12.3 Å². The van der Waals surface area contributed by atoms with Gasteiger partial charge in [-0.2, -0.15) is 0 Å². The zero-order valence-corrected chi connectivity index (χ0v) is 15.0. The zero-order valence-electron chi connectivity index (χ0n) is 15.0. The minimum absolute atomic E-state index is 0.0267. The van der Waals surface area contributed by atoms with Crippen LogP contribution < -0.4 is 10.7 Å². The Kier molecular flexibility index (Phi) is 4.75. The number of rotatable bonds is 6. The Hall–Kier alpha value is -3.34. The predicted molar refractivity (Wildman–Crippen MR) is 108 cm³/mol. The molecule has 1 amide bonds. The summed E-state index contributed by atoms with van der Waals surface area (Å²) in [7, 11) is 0. The molecule has 1 N–H and O–H groups in total. The number of amides is 1. The van der Waals surface area contributed by atoms with Crippen LogP contribution in [0.15, 0.2) is 77.9 Å². The maximum Gasteiger partial charge on any atom is 0.239 e. The van der Waals surface area contributed by atoms with Crippen molar-refractivity contribution < 1.29 is 4.79 Å². The lowest BCUT2D eigenvalue weighted by atomic mass is 10.2. The largest absolute Gasteiger partial charge is 0.354 e. The standard InChI is InChI=1S/C22H21N3O2/c26-21-11-15-25(20-9-4-2-7-18(20)21)16-22(27)23-12-5-13-24-14-10-17-6-1-3-8-19(17)24/h1-4,6-11,14-15H,5,12-13,16H2,(H,23,27). The van der Waals surface area contributed by atoms with E-state index in [4.69, 9.17) is 0 Å². The molecule has 4 aromatic rings. The van der Waals surface area contributed by atoms with Gasteiger partial charge >= 0.3 is 0 Å². The molecular formula is C22H21N3O2. The molecule has 5 heteroatoms. The summed E-state index contributed by atoms with van der Waals surface area (Å²) in [5, 5.41) is 4.83. The molecule has 0 spiro atoms. The van der Waals surface area contributed by atoms with Gasteiger partial charge in [0.2, 0.25) is 5.91 Å². The van der Waals surface area contributed by atoms with Crippen LogP contribution in [0.2, 0.25) is 0 Å². The molecule has 0 aliphatic heterocycles. The maximum atomic E-state index is 12.3. The first kappa shape index (κ1) is 17.1. The van der Waals surface area contributed by atoms with Gasteiger partial charge in [0, 0.05) is 42.5 Å². The normalized spacial score (nSPS) is 11.1. The van der Waals surface area contributed by atoms with Crippen molar-refractivity contribution in [2.45, 2.75) is 19.5 Å². The molecule has 0 atom stereocenters. The molecule has 0 saturated heterocycles. The van der Waals surface area contributed by atoms with Gasteiger partial charge in [-0.1, -0.05) is 30.3 Å². The van der Waals surface area contributed by atoms with E-state index in [0.717, 1.165) is 18.5 Å². The molecule has 2 heterocycles. The van der Waals surface area contributed by atoms with Crippen molar-refractivity contribution in [1.29, 1.82) is 0 Å². The Labute approximate surface area is 156 Å². The Bertz CT molecular complexity index is 1160. The van der Waals surface area contributed by atoms with Crippen LogP contribution in [0.25, 0.3) is 21.8 Å². The fourth-order valence-corrected chi connectivity index (χ4v) is 3.42. The summed E-state index contributed by atoms with van der Waals surface area (Å²) in [5.74, 6) is -0.0545. The summed E-state index contributed by atoms with van der Waals surface area (Å²) in [6, 6.07) is 19.2. The van der Waals surface area contributed by atoms with Crippen molar-refractivity contribution in [3.63, 3.8) is 0 Å². The van der Waals surface area contributed by atoms with E-state index in [0.29, 0.717) is 11.9 Å². The number of pyridine rings is 1. The third-order valence-corrected chi connectivity index (χ3v) is 4.78. The van der Waals surface area contributed by atoms with Gasteiger partial charge in [-0.25, -0.2) is 0 Å². The fourth-order valence-electron chi connectivity index (χ4n) is 3.42. The average Bonchev–Trinajstić information content (AvgIpc) is 3.11. The number of nitrogens with one attached hydrogen (secondary N) is 1. The van der Waals surface area contributed by atoms with Gasteiger partial charge in [0.15, 0.2) is 5.43 Å². The highest BCUT2D eigenvalue weighted by Crippen LogP contribution is 2.15. The molecule has 0 fully saturated rings. The number of carbonyl (C=O) groups excluding carboxylic acids is 1. The Balaban J connectivity index is 1.34. The molecular weight excluding hydrogens is 338 g/mol. The van der Waals surface area contributed by atoms with E-state index in [-0.39, 0.29) is 17.9 Å². The van der Waals surface area contributed by atoms with E-state index in [1.807, 2.05) is 34.9 Å². The number of nitrogens with zero attached hydrogens (tertiary/aromatic N) is 2. The molecule has 2 aromatic carbocycles. The Morgan fingerprint density at radius 2 is 1.59 bits per heavy atom. The summed E-state index contributed by atoms with van der Waals surface area (Å²) in [5.41, 5.74) is 1.96. The van der Waals surface area contributed by atoms with Gasteiger partial charge in [-0.3, -0.25) is 9.59 Å². The third-order valence-electron chi connectivity index (χ3n) is 4.78. The van der Waals surface area contributed by atoms with Crippen LogP contribution in [-0.4, -0.2) is 21.6 Å². The average molecular weight is 359 g/mol. The monoisotopic (exact) mass is 359 g/mol. The first-order chi connectivity index (χ1) is 13.2. The summed E-state index contributed by atoms with van der Waals surface area (Å²) in [6.45, 7) is 1.67. The highest BCUT2D eigenvalue weighted by atomic mass is 16.2. The molecule has 0 radical (unpaired) electrons. The van der Waals surface area contributed by atoms with Gasteiger partial charge in [-0.15, -0.1) is 0 Å². The highest BCUT2D eigenvalue weighted by molar-refractivity contribution is 5.82. The van der Waals surface area contributed by atoms with E-state index in [1.165, 1.54) is 17.0 Å². The SMILES string of the molecule is O=C(Cn1ccc(=O)c2ccccc21)NCCCn1ccc2ccccc21. The van der Waals surface area contributed by atoms with E-state index >= 15 is 0 Å². The number of hydrogen-bond acceptors (Lipinski definition) is 2. The van der Waals surface area contributed by atoms with Crippen LogP contribution in [0.1, 0.15) is 6.42 Å². The molecule has 0 aliphatic rings. The molecule has 136 valence electrons. The minimum atomic E-state index is -0.0545. The lowest BCUT2D eigenvalue weighted by Gasteiger charge is -2.11. The second kappa shape index (κ2) is 7.50. The first-order valence-electron chi connectivity index (χ1n) is 9.11. The molecule has 2 aromatic heterocycles. The van der Waals surface area contributed by atoms with Crippen LogP contribution >= 0.6 is 0 Å². The van der Waals surface area contributed by atoms with Crippen LogP contribution in [0.4, 0.5) is 0 Å². The van der Waals surface area contributed by atoms with Gasteiger partial charge in [0.25, 0.3) is 0 Å². The number of hydrogen-bond donors (Lipinski definition) is 1. The molecule has 0 bridgehead atoms. The zero-order chi connectivity index (χ0) is 18.6. The second-order valence-corrected chi connectivity index (χ2v) is 6.60. The smallest absolute Gasteiger partial charge is 0.239 e. The number of fused-ring (bicyclic) bond motifs is 2. The van der Waals surface area contributed by atoms with E-state index in [9.17, 15) is 9.59 Å². The summed E-state index contributed by atoms with van der Waals surface area (Å²) < 4.78 is 4.02. The molecule has 0 saturated carbocycles. The Morgan fingerprint density at radius 3 is 2.48 bits per heavy atom. The van der Waals surface area contributed by atoms with Gasteiger partial charge in [0.05, 0.1) is 5.52 Å². The number of benzene rings is 2. The van der Waals surface area contributed by atoms with Crippen molar-refractivity contribution in [3.05, 3.63) is 83.3 Å². The lowest BCUT2D eigenvalue weighted by molar-refractivity contribution is -0.121. The van der Waals surface area contributed by atoms with E-state index in [2.05, 4.69) is 34.3 Å². The van der Waals surface area contributed by atoms with Crippen molar-refractivity contribution >= 4 is 27.7 Å². The number of aromatic nitrogens is 2. The predicted octanol–water partition coefficient (Wildman–Crippen LogP) is 3.16. The highest BCUT2D eigenvalue weighted by Gasteiger charge is 2.06. The van der Waals surface area contributed by atoms with Gasteiger partial charge in [-0.05, 0) is 36.1 Å². The molecule has 5 nitrogen and oxygen atoms in total. The molecule has 27 heavy (non-hydrogen) atoms. The van der Waals surface area contributed by atoms with Crippen molar-refractivity contribution in [1.82, 2.24) is 14.5 Å². The van der Waals surface area contributed by atoms with Crippen LogP contribution in [0.3, 0.4) is 0 Å². The fraction of sp³-hybridized carbons (Fsp3) is 0.182. The summed E-state index contributed by atoms with van der Waals surface area (Å²) in [6.07, 6.45) is 4.62. The quantitative estimate of drug-likeness (QED) is 0.538. The maximum absolute atomic E-state index is 12.3. The van der Waals surface area contributed by atoms with Crippen molar-refractivity contribution in [2.75, 3.05) is 6.54 Å². The molecule has 0 aliphatic carbocycles. The van der Waals surface area contributed by atoms with Gasteiger partial charge in [0.1, 0.15) is 6.54 Å². The number of aryl methyl sites for hydroxylation is 1. The molecule has 4 rings (SSSR count). The Morgan fingerprint density at radius 1 is 0.852 bits per heavy atom. The minimum Gasteiger partial charge on any atom is -0.354 e. The van der Waals surface area contributed by atoms with Gasteiger partial charge < -0.3 is 14.5 Å². The van der Waals surface area contributed by atoms with Crippen LogP contribution in [0.5, 0.6) is 0 Å². The number of para-hydroxylation sites is 2. The third kappa shape index (κ3) is 3.62. The molecule has 0 unspecified atom stereocenters. The first-order valence-corrected chi connectivity index (χ1v) is 9.11. The van der Waals surface area contributed by atoms with Crippen molar-refractivity contribution in [2.24, 2.45) is 0 Å². The van der Waals surface area contributed by atoms with Crippen LogP contribution in [0, 0.1) is 0 Å². The lowest BCUT2D eigenvalue weighted by Crippen LogP contribution is -2.29. The van der Waals surface area contributed by atoms with Crippen molar-refractivity contribution in [3.8, 4) is 0 Å².